The molecule has 0 saturated heterocycles. The molecular weight excluding hydrogens is 615 g/mol. The molecule has 49 heavy (non-hydrogen) atoms. The second-order valence-electron chi connectivity index (χ2n) is 12.1. The average molecular weight is 644 g/mol. The maximum Gasteiger partial charge on any atom is 0.164 e. The smallest absolute Gasteiger partial charge is 0.164 e. The van der Waals surface area contributed by atoms with E-state index >= 15 is 0 Å². The van der Waals surface area contributed by atoms with E-state index in [1.807, 2.05) is 47.7 Å². The van der Waals surface area contributed by atoms with Gasteiger partial charge in [0.15, 0.2) is 17.5 Å². The fourth-order valence-electron chi connectivity index (χ4n) is 6.47. The van der Waals surface area contributed by atoms with Crippen molar-refractivity contribution in [1.82, 2.24) is 15.0 Å². The number of fused-ring (bicyclic) bond motifs is 3. The van der Waals surface area contributed by atoms with Crippen LogP contribution in [0.3, 0.4) is 0 Å². The van der Waals surface area contributed by atoms with E-state index in [1.54, 1.807) is 0 Å². The van der Waals surface area contributed by atoms with Gasteiger partial charge in [-0.25, -0.2) is 15.0 Å². The first-order valence-electron chi connectivity index (χ1n) is 16.4. The van der Waals surface area contributed by atoms with Crippen LogP contribution in [0.15, 0.2) is 176 Å². The van der Waals surface area contributed by atoms with E-state index < -0.39 is 0 Å². The Balaban J connectivity index is 1.11. The number of hydrogen-bond acceptors (Lipinski definition) is 4. The highest BCUT2D eigenvalue weighted by Crippen LogP contribution is 2.40. The molecular formula is C45H29N3S. The highest BCUT2D eigenvalue weighted by atomic mass is 32.1. The van der Waals surface area contributed by atoms with Gasteiger partial charge in [0.2, 0.25) is 0 Å². The molecule has 9 aromatic rings. The maximum atomic E-state index is 5.04. The molecule has 0 radical (unpaired) electrons. The molecule has 0 saturated carbocycles. The third-order valence-electron chi connectivity index (χ3n) is 8.95. The number of nitrogens with zero attached hydrogens (tertiary/aromatic N) is 3. The van der Waals surface area contributed by atoms with E-state index in [-0.39, 0.29) is 0 Å². The van der Waals surface area contributed by atoms with Crippen LogP contribution in [0.4, 0.5) is 0 Å². The molecule has 0 bridgehead atoms. The summed E-state index contributed by atoms with van der Waals surface area (Å²) >= 11 is 1.86. The van der Waals surface area contributed by atoms with Crippen molar-refractivity contribution in [3.8, 4) is 67.5 Å². The Hall–Kier alpha value is -6.23. The van der Waals surface area contributed by atoms with Gasteiger partial charge in [0.05, 0.1) is 0 Å². The number of aromatic nitrogens is 3. The normalized spacial score (nSPS) is 11.3. The van der Waals surface area contributed by atoms with E-state index in [4.69, 9.17) is 15.0 Å². The largest absolute Gasteiger partial charge is 0.208 e. The summed E-state index contributed by atoms with van der Waals surface area (Å²) in [4.78, 5) is 15.0. The summed E-state index contributed by atoms with van der Waals surface area (Å²) in [5.41, 5.74) is 9.88. The Morgan fingerprint density at radius 2 is 0.755 bits per heavy atom. The van der Waals surface area contributed by atoms with Crippen LogP contribution in [-0.4, -0.2) is 15.0 Å². The van der Waals surface area contributed by atoms with Crippen LogP contribution < -0.4 is 0 Å². The van der Waals surface area contributed by atoms with Gasteiger partial charge in [0.1, 0.15) is 0 Å². The predicted molar refractivity (Wildman–Crippen MR) is 205 cm³/mol. The lowest BCUT2D eigenvalue weighted by Gasteiger charge is -2.11. The van der Waals surface area contributed by atoms with E-state index in [0.29, 0.717) is 17.5 Å². The first-order chi connectivity index (χ1) is 24.3. The second-order valence-corrected chi connectivity index (χ2v) is 13.1. The molecule has 2 aromatic heterocycles. The molecule has 2 heterocycles. The van der Waals surface area contributed by atoms with Crippen molar-refractivity contribution in [2.45, 2.75) is 0 Å². The summed E-state index contributed by atoms with van der Waals surface area (Å²) in [7, 11) is 0. The minimum Gasteiger partial charge on any atom is -0.208 e. The molecule has 230 valence electrons. The Kier molecular flexibility index (Phi) is 7.34. The molecule has 9 rings (SSSR count). The minimum absolute atomic E-state index is 0.643. The third-order valence-corrected chi connectivity index (χ3v) is 10.2. The Morgan fingerprint density at radius 1 is 0.306 bits per heavy atom. The summed E-state index contributed by atoms with van der Waals surface area (Å²) in [5, 5.41) is 2.62. The van der Waals surface area contributed by atoms with Crippen LogP contribution >= 0.6 is 11.3 Å². The van der Waals surface area contributed by atoms with E-state index in [2.05, 4.69) is 140 Å². The molecule has 0 aliphatic rings. The summed E-state index contributed by atoms with van der Waals surface area (Å²) in [6.07, 6.45) is 0. The standard InChI is InChI=1S/C45H29N3S/c1-3-12-30(13-4-1)31-24-26-33(27-25-31)44-46-43(32-14-5-2-6-15-32)47-45(48-44)37-19-10-17-35(29-37)34-16-9-18-36(28-34)38-21-11-22-40-39-20-7-8-23-41(39)49-42(38)40/h1-29H. The molecule has 0 unspecified atom stereocenters. The molecule has 3 nitrogen and oxygen atoms in total. The van der Waals surface area contributed by atoms with E-state index in [1.165, 1.54) is 36.9 Å². The first-order valence-corrected chi connectivity index (χ1v) is 17.2. The topological polar surface area (TPSA) is 38.7 Å². The van der Waals surface area contributed by atoms with Gasteiger partial charge >= 0.3 is 0 Å². The minimum atomic E-state index is 0.643. The summed E-state index contributed by atoms with van der Waals surface area (Å²) < 4.78 is 2.63. The van der Waals surface area contributed by atoms with Gasteiger partial charge in [-0.3, -0.25) is 0 Å². The Bertz CT molecular complexity index is 2590. The quantitative estimate of drug-likeness (QED) is 0.181. The highest BCUT2D eigenvalue weighted by Gasteiger charge is 2.15. The van der Waals surface area contributed by atoms with Crippen molar-refractivity contribution < 1.29 is 0 Å². The van der Waals surface area contributed by atoms with Crippen LogP contribution in [0.5, 0.6) is 0 Å². The van der Waals surface area contributed by atoms with Crippen molar-refractivity contribution in [2.24, 2.45) is 0 Å². The molecule has 0 spiro atoms. The zero-order valence-electron chi connectivity index (χ0n) is 26.5. The Morgan fingerprint density at radius 3 is 1.47 bits per heavy atom. The van der Waals surface area contributed by atoms with Crippen molar-refractivity contribution >= 4 is 31.5 Å². The number of hydrogen-bond donors (Lipinski definition) is 0. The highest BCUT2D eigenvalue weighted by molar-refractivity contribution is 7.26. The average Bonchev–Trinajstić information content (AvgIpc) is 3.58. The van der Waals surface area contributed by atoms with Gasteiger partial charge < -0.3 is 0 Å². The molecule has 0 fully saturated rings. The fraction of sp³-hybridized carbons (Fsp3) is 0. The molecule has 0 amide bonds. The molecule has 0 aliphatic heterocycles. The van der Waals surface area contributed by atoms with Crippen LogP contribution in [0.2, 0.25) is 0 Å². The molecule has 0 N–H and O–H groups in total. The van der Waals surface area contributed by atoms with Gasteiger partial charge in [0, 0.05) is 36.9 Å². The summed E-state index contributed by atoms with van der Waals surface area (Å²) in [5.74, 6) is 1.94. The van der Waals surface area contributed by atoms with Crippen molar-refractivity contribution in [3.63, 3.8) is 0 Å². The number of benzene rings is 7. The van der Waals surface area contributed by atoms with E-state index in [0.717, 1.165) is 33.4 Å². The van der Waals surface area contributed by atoms with Gasteiger partial charge in [-0.15, -0.1) is 11.3 Å². The van der Waals surface area contributed by atoms with Crippen LogP contribution in [-0.2, 0) is 0 Å². The van der Waals surface area contributed by atoms with Crippen LogP contribution in [0, 0.1) is 0 Å². The van der Waals surface area contributed by atoms with Gasteiger partial charge in [-0.1, -0.05) is 158 Å². The van der Waals surface area contributed by atoms with E-state index in [9.17, 15) is 0 Å². The van der Waals surface area contributed by atoms with Gasteiger partial charge in [-0.2, -0.15) is 0 Å². The lowest BCUT2D eigenvalue weighted by molar-refractivity contribution is 1.07. The van der Waals surface area contributed by atoms with Gasteiger partial charge in [-0.05, 0) is 51.6 Å². The molecule has 0 aliphatic carbocycles. The molecule has 0 atom stereocenters. The van der Waals surface area contributed by atoms with Crippen molar-refractivity contribution in [2.75, 3.05) is 0 Å². The SMILES string of the molecule is c1ccc(-c2ccc(-c3nc(-c4ccccc4)nc(-c4cccc(-c5cccc(-c6cccc7c6sc6ccccc67)c5)c4)n3)cc2)cc1. The maximum absolute atomic E-state index is 5.04. The first kappa shape index (κ1) is 29.0. The summed E-state index contributed by atoms with van der Waals surface area (Å²) in [6, 6.07) is 61.6. The van der Waals surface area contributed by atoms with Crippen LogP contribution in [0.25, 0.3) is 87.7 Å². The summed E-state index contributed by atoms with van der Waals surface area (Å²) in [6.45, 7) is 0. The monoisotopic (exact) mass is 643 g/mol. The van der Waals surface area contributed by atoms with Crippen molar-refractivity contribution in [3.05, 3.63) is 176 Å². The molecule has 7 aromatic carbocycles. The zero-order chi connectivity index (χ0) is 32.6. The lowest BCUT2D eigenvalue weighted by Crippen LogP contribution is -2.00. The Labute approximate surface area is 288 Å². The third kappa shape index (κ3) is 5.58. The van der Waals surface area contributed by atoms with Gasteiger partial charge in [0.25, 0.3) is 0 Å². The fourth-order valence-corrected chi connectivity index (χ4v) is 7.71. The van der Waals surface area contributed by atoms with Crippen LogP contribution in [0.1, 0.15) is 0 Å². The molecule has 4 heteroatoms. The zero-order valence-corrected chi connectivity index (χ0v) is 27.3. The predicted octanol–water partition coefficient (Wildman–Crippen LogP) is 12.2. The lowest BCUT2D eigenvalue weighted by atomic mass is 9.97. The second kappa shape index (κ2) is 12.4. The van der Waals surface area contributed by atoms with Crippen molar-refractivity contribution in [1.29, 1.82) is 0 Å². The number of rotatable bonds is 6. The number of thiophene rings is 1.